The van der Waals surface area contributed by atoms with Gasteiger partial charge in [-0.2, -0.15) is 0 Å². The normalized spacial score (nSPS) is 13.3. The molecule has 1 rings (SSSR count). The lowest BCUT2D eigenvalue weighted by atomic mass is 10.1. The summed E-state index contributed by atoms with van der Waals surface area (Å²) >= 11 is 0. The van der Waals surface area contributed by atoms with Gasteiger partial charge in [-0.3, -0.25) is 0 Å². The third-order valence-electron chi connectivity index (χ3n) is 3.03. The molecule has 1 atom stereocenters. The summed E-state index contributed by atoms with van der Waals surface area (Å²) in [6, 6.07) is 5.66. The van der Waals surface area contributed by atoms with Crippen molar-refractivity contribution < 1.29 is 14.6 Å². The molecule has 0 heterocycles. The molecule has 0 aliphatic heterocycles. The largest absolute Gasteiger partial charge is 0.496 e. The van der Waals surface area contributed by atoms with Gasteiger partial charge in [-0.1, -0.05) is 25.7 Å². The topological polar surface area (TPSA) is 38.4 Å². The lowest BCUT2D eigenvalue weighted by Crippen LogP contribution is -2.33. The molecule has 0 fully saturated rings. The quantitative estimate of drug-likeness (QED) is 0.756. The maximum Gasteiger partial charge on any atom is 0.125 e. The summed E-state index contributed by atoms with van der Waals surface area (Å²) in [7, 11) is 1.66. The van der Waals surface area contributed by atoms with Crippen molar-refractivity contribution in [3.8, 4) is 11.5 Å². The maximum atomic E-state index is 11.5. The smallest absolute Gasteiger partial charge is 0.125 e. The molecule has 1 radical (unpaired) electrons. The van der Waals surface area contributed by atoms with Crippen LogP contribution in [0.5, 0.6) is 11.5 Å². The number of hydrogen-bond acceptors (Lipinski definition) is 2. The van der Waals surface area contributed by atoms with Gasteiger partial charge in [0.25, 0.3) is 0 Å². The van der Waals surface area contributed by atoms with E-state index in [4.69, 9.17) is 9.47 Å². The first-order chi connectivity index (χ1) is 7.95. The van der Waals surface area contributed by atoms with E-state index in [-0.39, 0.29) is 12.1 Å². The highest BCUT2D eigenvalue weighted by atomic mass is 28.3. The van der Waals surface area contributed by atoms with E-state index in [0.717, 1.165) is 17.1 Å². The Morgan fingerprint density at radius 1 is 1.12 bits per heavy atom. The molecule has 0 aliphatic rings. The molecule has 0 saturated carbocycles. The van der Waals surface area contributed by atoms with Crippen molar-refractivity contribution in [3.05, 3.63) is 23.8 Å². The third-order valence-corrected chi connectivity index (χ3v) is 5.57. The second kappa shape index (κ2) is 5.56. The van der Waals surface area contributed by atoms with Gasteiger partial charge in [0.2, 0.25) is 0 Å². The van der Waals surface area contributed by atoms with Gasteiger partial charge in [-0.15, -0.1) is 0 Å². The molecule has 0 N–H and O–H groups in total. The molecule has 95 valence electrons. The predicted octanol–water partition coefficient (Wildman–Crippen LogP) is 3.10. The fourth-order valence-electron chi connectivity index (χ4n) is 1.99. The van der Waals surface area contributed by atoms with Gasteiger partial charge < -0.3 is 9.47 Å². The molecule has 3 nitrogen and oxygen atoms in total. The molecular formula is C13H21O3Si. The molecule has 0 spiro atoms. The van der Waals surface area contributed by atoms with Gasteiger partial charge in [0.05, 0.1) is 28.9 Å². The number of methoxy groups -OCH3 is 2. The Kier molecular flexibility index (Phi) is 4.59. The van der Waals surface area contributed by atoms with E-state index in [1.54, 1.807) is 14.2 Å². The first-order valence-electron chi connectivity index (χ1n) is 5.74. The number of hydrogen-bond donors (Lipinski definition) is 0. The Morgan fingerprint density at radius 3 is 1.88 bits per heavy atom. The van der Waals surface area contributed by atoms with Crippen molar-refractivity contribution >= 4 is 8.07 Å². The lowest BCUT2D eigenvalue weighted by Gasteiger charge is -2.29. The van der Waals surface area contributed by atoms with Crippen LogP contribution in [0.1, 0.15) is 11.1 Å². The number of benzene rings is 1. The van der Waals surface area contributed by atoms with Gasteiger partial charge in [-0.05, 0) is 12.1 Å². The molecule has 0 amide bonds. The first-order valence-corrected chi connectivity index (χ1v) is 9.32. The van der Waals surface area contributed by atoms with Crippen molar-refractivity contribution in [1.82, 2.24) is 0 Å². The molecule has 0 saturated heterocycles. The summed E-state index contributed by atoms with van der Waals surface area (Å²) in [6.07, 6.45) is 0. The lowest BCUT2D eigenvalue weighted by molar-refractivity contribution is 0.188. The molecule has 0 aromatic heterocycles. The molecule has 1 aromatic carbocycles. The third kappa shape index (κ3) is 3.01. The molecule has 4 heteroatoms. The minimum Gasteiger partial charge on any atom is -0.496 e. The summed E-state index contributed by atoms with van der Waals surface area (Å²) in [5, 5.41) is 11.5. The minimum atomic E-state index is -1.60. The molecule has 0 aliphatic carbocycles. The molecular weight excluding hydrogens is 232 g/mol. The monoisotopic (exact) mass is 253 g/mol. The van der Waals surface area contributed by atoms with Crippen LogP contribution in [0.15, 0.2) is 18.2 Å². The second-order valence-corrected chi connectivity index (χ2v) is 10.6. The van der Waals surface area contributed by atoms with Crippen LogP contribution in [0.4, 0.5) is 0 Å². The van der Waals surface area contributed by atoms with Crippen molar-refractivity contribution in [2.75, 3.05) is 20.8 Å². The zero-order chi connectivity index (χ0) is 13.1. The highest BCUT2D eigenvalue weighted by Crippen LogP contribution is 2.39. The van der Waals surface area contributed by atoms with E-state index in [0.29, 0.717) is 0 Å². The standard InChI is InChI=1S/C13H21O3Si/c1-15-10-7-6-8-11(16-2)13(10)12(9-14)17(3,4)5/h6-8,12H,9H2,1-5H3. The van der Waals surface area contributed by atoms with Crippen LogP contribution in [-0.4, -0.2) is 28.9 Å². The van der Waals surface area contributed by atoms with Gasteiger partial charge in [0.15, 0.2) is 0 Å². The minimum absolute atomic E-state index is 0.00796. The first kappa shape index (κ1) is 14.1. The average Bonchev–Trinajstić information content (AvgIpc) is 2.28. The summed E-state index contributed by atoms with van der Waals surface area (Å²) in [4.78, 5) is 0. The number of ether oxygens (including phenoxy) is 2. The summed E-state index contributed by atoms with van der Waals surface area (Å²) < 4.78 is 10.7. The van der Waals surface area contributed by atoms with Crippen molar-refractivity contribution in [2.45, 2.75) is 25.2 Å². The molecule has 1 unspecified atom stereocenters. The van der Waals surface area contributed by atoms with Gasteiger partial charge >= 0.3 is 0 Å². The Hall–Kier alpha value is -1.00. The average molecular weight is 253 g/mol. The Bertz CT molecular complexity index is 349. The van der Waals surface area contributed by atoms with E-state index in [9.17, 15) is 5.11 Å². The highest BCUT2D eigenvalue weighted by Gasteiger charge is 2.32. The van der Waals surface area contributed by atoms with Crippen molar-refractivity contribution in [2.24, 2.45) is 0 Å². The van der Waals surface area contributed by atoms with Gasteiger partial charge in [0, 0.05) is 11.1 Å². The van der Waals surface area contributed by atoms with E-state index >= 15 is 0 Å². The van der Waals surface area contributed by atoms with Crippen LogP contribution >= 0.6 is 0 Å². The van der Waals surface area contributed by atoms with Crippen LogP contribution in [-0.2, 0) is 5.11 Å². The summed E-state index contributed by atoms with van der Waals surface area (Å²) in [5.74, 6) is 1.51. The zero-order valence-corrected chi connectivity index (χ0v) is 12.2. The summed E-state index contributed by atoms with van der Waals surface area (Å²) in [6.45, 7) is 6.47. The molecule has 17 heavy (non-hydrogen) atoms. The molecule has 0 bridgehead atoms. The van der Waals surface area contributed by atoms with Crippen molar-refractivity contribution in [1.29, 1.82) is 0 Å². The Morgan fingerprint density at radius 2 is 1.59 bits per heavy atom. The SMILES string of the molecule is COc1cccc(OC)c1C(C[O])[Si](C)(C)C. The van der Waals surface area contributed by atoms with Crippen LogP contribution in [0, 0.1) is 0 Å². The van der Waals surface area contributed by atoms with Crippen LogP contribution in [0.2, 0.25) is 19.6 Å². The number of rotatable bonds is 5. The predicted molar refractivity (Wildman–Crippen MR) is 71.2 cm³/mol. The van der Waals surface area contributed by atoms with Crippen LogP contribution in [0.3, 0.4) is 0 Å². The maximum absolute atomic E-state index is 11.5. The zero-order valence-electron chi connectivity index (χ0n) is 11.2. The van der Waals surface area contributed by atoms with E-state index in [1.165, 1.54) is 0 Å². The van der Waals surface area contributed by atoms with Gasteiger partial charge in [0.1, 0.15) is 11.5 Å². The molecule has 1 aromatic rings. The van der Waals surface area contributed by atoms with Crippen LogP contribution < -0.4 is 9.47 Å². The van der Waals surface area contributed by atoms with E-state index in [1.807, 2.05) is 18.2 Å². The van der Waals surface area contributed by atoms with Crippen LogP contribution in [0.25, 0.3) is 0 Å². The fraction of sp³-hybridized carbons (Fsp3) is 0.538. The van der Waals surface area contributed by atoms with Crippen molar-refractivity contribution in [3.63, 3.8) is 0 Å². The second-order valence-electron chi connectivity index (χ2n) is 5.16. The summed E-state index contributed by atoms with van der Waals surface area (Å²) in [5.41, 5.74) is 0.945. The highest BCUT2D eigenvalue weighted by molar-refractivity contribution is 6.77. The van der Waals surface area contributed by atoms with Gasteiger partial charge in [-0.25, -0.2) is 5.11 Å². The Labute approximate surface area is 104 Å². The van der Waals surface area contributed by atoms with E-state index in [2.05, 4.69) is 19.6 Å². The Balaban J connectivity index is 3.34. The van der Waals surface area contributed by atoms with E-state index < -0.39 is 8.07 Å². The fourth-order valence-corrected chi connectivity index (χ4v) is 3.64.